The minimum Gasteiger partial charge on any atom is -0.748 e. The first-order chi connectivity index (χ1) is 13.1. The van der Waals surface area contributed by atoms with Gasteiger partial charge in [0.15, 0.2) is 12.3 Å². The minimum absolute atomic E-state index is 0.164. The van der Waals surface area contributed by atoms with Crippen LogP contribution < -0.4 is 0 Å². The molecule has 1 aromatic rings. The van der Waals surface area contributed by atoms with Crippen molar-refractivity contribution in [3.63, 3.8) is 0 Å². The molecule has 29 heavy (non-hydrogen) atoms. The zero-order valence-corrected chi connectivity index (χ0v) is 18.3. The van der Waals surface area contributed by atoms with Crippen LogP contribution >= 0.6 is 7.60 Å². The molecule has 2 atom stereocenters. The fourth-order valence-electron chi connectivity index (χ4n) is 3.26. The predicted molar refractivity (Wildman–Crippen MR) is 103 cm³/mol. The molecular weight excluding hydrogens is 445 g/mol. The van der Waals surface area contributed by atoms with Crippen molar-refractivity contribution >= 4 is 39.2 Å². The van der Waals surface area contributed by atoms with Crippen LogP contribution in [-0.2, 0) is 34.7 Å². The zero-order chi connectivity index (χ0) is 22.3. The molecule has 10 nitrogen and oxygen atoms in total. The number of nitrogens with zero attached hydrogens (tertiary/aromatic N) is 1. The van der Waals surface area contributed by atoms with E-state index >= 15 is 0 Å². The Morgan fingerprint density at radius 2 is 1.76 bits per heavy atom. The maximum absolute atomic E-state index is 12.7. The van der Waals surface area contributed by atoms with Crippen molar-refractivity contribution in [3.05, 3.63) is 41.7 Å². The molecule has 1 N–H and O–H groups in total. The molecule has 1 aromatic carbocycles. The average Bonchev–Trinajstić information content (AvgIpc) is 2.79. The number of fused-ring (bicyclic) bond motifs is 1. The fourth-order valence-corrected chi connectivity index (χ4v) is 5.42. The van der Waals surface area contributed by atoms with E-state index in [0.717, 1.165) is 0 Å². The Bertz CT molecular complexity index is 1120. The van der Waals surface area contributed by atoms with Crippen LogP contribution in [0.15, 0.2) is 36.2 Å². The molecule has 162 valence electrons. The van der Waals surface area contributed by atoms with Crippen LogP contribution in [0.2, 0.25) is 0 Å². The van der Waals surface area contributed by atoms with Gasteiger partial charge in [-0.1, -0.05) is 24.8 Å². The second-order valence-electron chi connectivity index (χ2n) is 6.70. The maximum Gasteiger partial charge on any atom is 0.355 e. The van der Waals surface area contributed by atoms with Crippen LogP contribution in [0.1, 0.15) is 19.4 Å². The third kappa shape index (κ3) is 5.21. The summed E-state index contributed by atoms with van der Waals surface area (Å²) in [6, 6.07) is 6.70. The number of rotatable bonds is 9. The van der Waals surface area contributed by atoms with E-state index in [1.165, 1.54) is 0 Å². The number of hydrogen-bond donors (Lipinski definition) is 1. The van der Waals surface area contributed by atoms with Gasteiger partial charge in [-0.2, -0.15) is 4.58 Å². The summed E-state index contributed by atoms with van der Waals surface area (Å²) in [5, 5.41) is -0.272. The Balaban J connectivity index is 2.45. The monoisotopic (exact) mass is 466 g/mol. The number of benzene rings is 1. The number of para-hydroxylation sites is 1. The van der Waals surface area contributed by atoms with Gasteiger partial charge in [0, 0.05) is 18.6 Å². The summed E-state index contributed by atoms with van der Waals surface area (Å²) in [5.41, 5.74) is 0.269. The summed E-state index contributed by atoms with van der Waals surface area (Å²) >= 11 is 0. The second kappa shape index (κ2) is 8.03. The predicted octanol–water partition coefficient (Wildman–Crippen LogP) is 0.869. The van der Waals surface area contributed by atoms with Crippen LogP contribution in [-0.4, -0.2) is 65.8 Å². The van der Waals surface area contributed by atoms with E-state index in [2.05, 4.69) is 6.58 Å². The highest BCUT2D eigenvalue weighted by Gasteiger charge is 2.53. The lowest BCUT2D eigenvalue weighted by Crippen LogP contribution is -2.33. The van der Waals surface area contributed by atoms with Gasteiger partial charge in [-0.3, -0.25) is 4.57 Å². The lowest BCUT2D eigenvalue weighted by atomic mass is 9.80. The van der Waals surface area contributed by atoms with Gasteiger partial charge < -0.3 is 18.5 Å². The molecule has 0 fully saturated rings. The Hall–Kier alpha value is -1.40. The van der Waals surface area contributed by atoms with Crippen LogP contribution in [0.4, 0.5) is 5.69 Å². The molecule has 13 heteroatoms. The van der Waals surface area contributed by atoms with E-state index in [1.807, 2.05) is 0 Å². The first-order valence-electron chi connectivity index (χ1n) is 8.35. The summed E-state index contributed by atoms with van der Waals surface area (Å²) in [6.45, 7) is 5.94. The molecule has 2 rings (SSSR count). The van der Waals surface area contributed by atoms with Crippen LogP contribution in [0.3, 0.4) is 0 Å². The van der Waals surface area contributed by atoms with Gasteiger partial charge in [-0.25, -0.2) is 16.8 Å². The molecule has 0 amide bonds. The number of allylic oxidation sites excluding steroid dienone is 1. The Kier molecular flexibility index (Phi) is 6.61. The standard InChI is InChI=1S/C16H22NO9PS2/c1-12-16(3,13(2)27(18,19)26-9-11-29(23,24)25)14-6-4-5-7-15(14)17(12)8-10-28(20,21)22/h4-7H,2,8-11H2,1,3H3,(H2-,18,19,20,21,22,23,24,25)/p-1. The molecule has 0 spiro atoms. The SMILES string of the molecule is C=C(C1(C)C(C)=[N+](CCS(=O)(=O)[O-])c2ccccc21)P(=O)(O)OCCS(=O)(=O)[O-]. The van der Waals surface area contributed by atoms with Gasteiger partial charge in [0.25, 0.3) is 0 Å². The molecule has 1 aliphatic rings. The van der Waals surface area contributed by atoms with E-state index in [1.54, 1.807) is 42.7 Å². The highest BCUT2D eigenvalue weighted by Crippen LogP contribution is 2.60. The van der Waals surface area contributed by atoms with Gasteiger partial charge in [0.1, 0.15) is 15.5 Å². The quantitative estimate of drug-likeness (QED) is 0.316. The third-order valence-electron chi connectivity index (χ3n) is 4.94. The molecule has 2 unspecified atom stereocenters. The lowest BCUT2D eigenvalue weighted by Gasteiger charge is -2.27. The summed E-state index contributed by atoms with van der Waals surface area (Å²) in [4.78, 5) is 10.4. The summed E-state index contributed by atoms with van der Waals surface area (Å²) in [5.74, 6) is -1.65. The summed E-state index contributed by atoms with van der Waals surface area (Å²) in [6.07, 6.45) is 0. The van der Waals surface area contributed by atoms with E-state index in [4.69, 9.17) is 4.52 Å². The van der Waals surface area contributed by atoms with E-state index in [-0.39, 0.29) is 11.9 Å². The molecule has 0 saturated heterocycles. The summed E-state index contributed by atoms with van der Waals surface area (Å²) < 4.78 is 84.4. The average molecular weight is 466 g/mol. The smallest absolute Gasteiger partial charge is 0.355 e. The largest absolute Gasteiger partial charge is 0.748 e. The van der Waals surface area contributed by atoms with Crippen LogP contribution in [0.25, 0.3) is 0 Å². The van der Waals surface area contributed by atoms with Crippen LogP contribution in [0.5, 0.6) is 0 Å². The lowest BCUT2D eigenvalue weighted by molar-refractivity contribution is -0.433. The Labute approximate surface area is 169 Å². The Morgan fingerprint density at radius 1 is 1.21 bits per heavy atom. The molecule has 0 bridgehead atoms. The molecule has 1 heterocycles. The third-order valence-corrected chi connectivity index (χ3v) is 7.96. The highest BCUT2D eigenvalue weighted by atomic mass is 32.2. The van der Waals surface area contributed by atoms with E-state index < -0.39 is 51.4 Å². The van der Waals surface area contributed by atoms with Crippen molar-refractivity contribution in [1.82, 2.24) is 0 Å². The normalized spacial score (nSPS) is 21.7. The van der Waals surface area contributed by atoms with Gasteiger partial charge in [-0.15, -0.1) is 0 Å². The fraction of sp³-hybridized carbons (Fsp3) is 0.438. The molecule has 1 aliphatic heterocycles. The first kappa shape index (κ1) is 23.9. The van der Waals surface area contributed by atoms with E-state index in [0.29, 0.717) is 17.0 Å². The van der Waals surface area contributed by atoms with Crippen molar-refractivity contribution in [2.75, 3.05) is 24.7 Å². The molecular formula is C16H21NO9PS2-. The van der Waals surface area contributed by atoms with Crippen molar-refractivity contribution < 1.29 is 44.5 Å². The number of hydrogen-bond acceptors (Lipinski definition) is 8. The first-order valence-corrected chi connectivity index (χ1v) is 13.1. The van der Waals surface area contributed by atoms with Crippen molar-refractivity contribution in [1.29, 1.82) is 0 Å². The summed E-state index contributed by atoms with van der Waals surface area (Å²) in [7, 11) is -13.7. The molecule has 0 saturated carbocycles. The molecule has 0 aliphatic carbocycles. The van der Waals surface area contributed by atoms with Gasteiger partial charge in [0.2, 0.25) is 5.69 Å². The van der Waals surface area contributed by atoms with Crippen molar-refractivity contribution in [3.8, 4) is 0 Å². The van der Waals surface area contributed by atoms with Crippen molar-refractivity contribution in [2.24, 2.45) is 0 Å². The van der Waals surface area contributed by atoms with Crippen molar-refractivity contribution in [2.45, 2.75) is 19.3 Å². The maximum atomic E-state index is 12.7. The Morgan fingerprint density at radius 3 is 2.31 bits per heavy atom. The topological polar surface area (TPSA) is 164 Å². The van der Waals surface area contributed by atoms with Crippen LogP contribution in [0, 0.1) is 0 Å². The van der Waals surface area contributed by atoms with Gasteiger partial charge >= 0.3 is 7.60 Å². The minimum atomic E-state index is -4.63. The van der Waals surface area contributed by atoms with Gasteiger partial charge in [-0.05, 0) is 6.92 Å². The molecule has 0 aromatic heterocycles. The van der Waals surface area contributed by atoms with E-state index in [9.17, 15) is 35.4 Å². The highest BCUT2D eigenvalue weighted by molar-refractivity contribution is 7.85. The second-order valence-corrected chi connectivity index (χ2v) is 11.6. The van der Waals surface area contributed by atoms with Gasteiger partial charge in [0.05, 0.1) is 33.5 Å². The zero-order valence-electron chi connectivity index (χ0n) is 15.8. The molecule has 0 radical (unpaired) electrons.